The van der Waals surface area contributed by atoms with E-state index < -0.39 is 6.04 Å². The SMILES string of the molecule is CNC(=O)C(Cc1ccccc1)NC(=O)Cc1ccc(-n2cccc2)cc1. The first kappa shape index (κ1) is 18.5. The van der Waals surface area contributed by atoms with Gasteiger partial charge in [-0.2, -0.15) is 0 Å². The quantitative estimate of drug-likeness (QED) is 0.679. The summed E-state index contributed by atoms with van der Waals surface area (Å²) in [7, 11) is 1.58. The van der Waals surface area contributed by atoms with Crippen LogP contribution in [0.2, 0.25) is 0 Å². The normalized spacial score (nSPS) is 11.6. The van der Waals surface area contributed by atoms with Crippen molar-refractivity contribution < 1.29 is 9.59 Å². The lowest BCUT2D eigenvalue weighted by Gasteiger charge is -2.17. The fourth-order valence-corrected chi connectivity index (χ4v) is 2.96. The van der Waals surface area contributed by atoms with Crippen LogP contribution in [-0.4, -0.2) is 29.5 Å². The Bertz CT molecular complexity index is 872. The summed E-state index contributed by atoms with van der Waals surface area (Å²) in [6.07, 6.45) is 4.63. The maximum atomic E-state index is 12.5. The minimum atomic E-state index is -0.593. The summed E-state index contributed by atoms with van der Waals surface area (Å²) >= 11 is 0. The number of nitrogens with one attached hydrogen (secondary N) is 2. The van der Waals surface area contributed by atoms with Gasteiger partial charge in [0.25, 0.3) is 0 Å². The highest BCUT2D eigenvalue weighted by Crippen LogP contribution is 2.11. The topological polar surface area (TPSA) is 63.1 Å². The molecule has 0 saturated carbocycles. The number of rotatable bonds is 7. The standard InChI is InChI=1S/C22H23N3O2/c1-23-22(27)20(15-17-7-3-2-4-8-17)24-21(26)16-18-9-11-19(12-10-18)25-13-5-6-14-25/h2-14,20H,15-16H2,1H3,(H,23,27)(H,24,26). The third kappa shape index (κ3) is 5.07. The van der Waals surface area contributed by atoms with Gasteiger partial charge in [0, 0.05) is 31.5 Å². The Morgan fingerprint density at radius 2 is 1.56 bits per heavy atom. The summed E-state index contributed by atoms with van der Waals surface area (Å²) in [5, 5.41) is 5.47. The summed E-state index contributed by atoms with van der Waals surface area (Å²) in [4.78, 5) is 24.6. The highest BCUT2D eigenvalue weighted by Gasteiger charge is 2.20. The number of nitrogens with zero attached hydrogens (tertiary/aromatic N) is 1. The number of carbonyl (C=O) groups is 2. The monoisotopic (exact) mass is 361 g/mol. The van der Waals surface area contributed by atoms with Gasteiger partial charge in [0.15, 0.2) is 0 Å². The Morgan fingerprint density at radius 1 is 0.889 bits per heavy atom. The summed E-state index contributed by atoms with van der Waals surface area (Å²) in [5.41, 5.74) is 2.94. The van der Waals surface area contributed by atoms with Gasteiger partial charge in [-0.3, -0.25) is 9.59 Å². The molecule has 0 aliphatic rings. The van der Waals surface area contributed by atoms with Crippen LogP contribution in [0.15, 0.2) is 79.1 Å². The third-order valence-corrected chi connectivity index (χ3v) is 4.38. The molecule has 2 aromatic carbocycles. The summed E-state index contributed by atoms with van der Waals surface area (Å²) < 4.78 is 2.01. The molecule has 0 radical (unpaired) electrons. The van der Waals surface area contributed by atoms with Gasteiger partial charge in [-0.05, 0) is 35.4 Å². The molecule has 1 aromatic heterocycles. The fraction of sp³-hybridized carbons (Fsp3) is 0.182. The van der Waals surface area contributed by atoms with E-state index in [2.05, 4.69) is 10.6 Å². The average molecular weight is 361 g/mol. The first-order chi connectivity index (χ1) is 13.2. The van der Waals surface area contributed by atoms with E-state index in [4.69, 9.17) is 0 Å². The van der Waals surface area contributed by atoms with Gasteiger partial charge in [-0.15, -0.1) is 0 Å². The molecule has 27 heavy (non-hydrogen) atoms. The molecule has 2 N–H and O–H groups in total. The van der Waals surface area contributed by atoms with Crippen molar-refractivity contribution in [2.24, 2.45) is 0 Å². The fourth-order valence-electron chi connectivity index (χ4n) is 2.96. The molecule has 1 atom stereocenters. The molecule has 0 aliphatic carbocycles. The van der Waals surface area contributed by atoms with Crippen LogP contribution in [0.1, 0.15) is 11.1 Å². The van der Waals surface area contributed by atoms with Crippen LogP contribution in [0, 0.1) is 0 Å². The molecular weight excluding hydrogens is 338 g/mol. The van der Waals surface area contributed by atoms with Crippen LogP contribution >= 0.6 is 0 Å². The van der Waals surface area contributed by atoms with Crippen molar-refractivity contribution in [1.29, 1.82) is 0 Å². The van der Waals surface area contributed by atoms with Crippen LogP contribution in [-0.2, 0) is 22.4 Å². The molecule has 2 amide bonds. The first-order valence-corrected chi connectivity index (χ1v) is 8.93. The Labute approximate surface area is 159 Å². The van der Waals surface area contributed by atoms with Crippen molar-refractivity contribution >= 4 is 11.8 Å². The van der Waals surface area contributed by atoms with E-state index in [1.165, 1.54) is 0 Å². The molecular formula is C22H23N3O2. The van der Waals surface area contributed by atoms with Crippen LogP contribution in [0.4, 0.5) is 0 Å². The lowest BCUT2D eigenvalue weighted by Crippen LogP contribution is -2.47. The first-order valence-electron chi connectivity index (χ1n) is 8.93. The zero-order valence-electron chi connectivity index (χ0n) is 15.3. The van der Waals surface area contributed by atoms with Gasteiger partial charge in [-0.25, -0.2) is 0 Å². The molecule has 0 aliphatic heterocycles. The van der Waals surface area contributed by atoms with Gasteiger partial charge in [0.1, 0.15) is 6.04 Å². The molecule has 5 nitrogen and oxygen atoms in total. The number of benzene rings is 2. The maximum Gasteiger partial charge on any atom is 0.242 e. The molecule has 1 heterocycles. The molecule has 138 valence electrons. The number of aromatic nitrogens is 1. The summed E-state index contributed by atoms with van der Waals surface area (Å²) in [6, 6.07) is 20.8. The summed E-state index contributed by atoms with van der Waals surface area (Å²) in [5.74, 6) is -0.372. The van der Waals surface area contributed by atoms with Gasteiger partial charge in [0.05, 0.1) is 6.42 Å². The average Bonchev–Trinajstić information content (AvgIpc) is 3.23. The number of carbonyl (C=O) groups excluding carboxylic acids is 2. The molecule has 5 heteroatoms. The van der Waals surface area contributed by atoms with Crippen molar-refractivity contribution in [3.8, 4) is 5.69 Å². The van der Waals surface area contributed by atoms with Crippen LogP contribution < -0.4 is 10.6 Å². The van der Waals surface area contributed by atoms with Crippen molar-refractivity contribution in [3.63, 3.8) is 0 Å². The van der Waals surface area contributed by atoms with Gasteiger partial charge in [0.2, 0.25) is 11.8 Å². The molecule has 0 bridgehead atoms. The van der Waals surface area contributed by atoms with Crippen LogP contribution in [0.5, 0.6) is 0 Å². The van der Waals surface area contributed by atoms with E-state index in [0.717, 1.165) is 16.8 Å². The Morgan fingerprint density at radius 3 is 2.19 bits per heavy atom. The van der Waals surface area contributed by atoms with Crippen molar-refractivity contribution in [2.45, 2.75) is 18.9 Å². The van der Waals surface area contributed by atoms with Crippen LogP contribution in [0.25, 0.3) is 5.69 Å². The second kappa shape index (κ2) is 8.85. The lowest BCUT2D eigenvalue weighted by atomic mass is 10.0. The predicted molar refractivity (Wildman–Crippen MR) is 106 cm³/mol. The molecule has 3 aromatic rings. The van der Waals surface area contributed by atoms with Gasteiger partial charge >= 0.3 is 0 Å². The van der Waals surface area contributed by atoms with E-state index in [-0.39, 0.29) is 18.2 Å². The van der Waals surface area contributed by atoms with Gasteiger partial charge in [-0.1, -0.05) is 42.5 Å². The minimum Gasteiger partial charge on any atom is -0.357 e. The third-order valence-electron chi connectivity index (χ3n) is 4.38. The molecule has 0 spiro atoms. The van der Waals surface area contributed by atoms with E-state index in [9.17, 15) is 9.59 Å². The highest BCUT2D eigenvalue weighted by atomic mass is 16.2. The summed E-state index contributed by atoms with van der Waals surface area (Å²) in [6.45, 7) is 0. The van der Waals surface area contributed by atoms with E-state index >= 15 is 0 Å². The molecule has 1 unspecified atom stereocenters. The van der Waals surface area contributed by atoms with E-state index in [1.54, 1.807) is 7.05 Å². The van der Waals surface area contributed by atoms with Crippen molar-refractivity contribution in [2.75, 3.05) is 7.05 Å². The van der Waals surface area contributed by atoms with E-state index in [1.807, 2.05) is 83.7 Å². The zero-order valence-corrected chi connectivity index (χ0v) is 15.3. The molecule has 0 fully saturated rings. The molecule has 3 rings (SSSR count). The smallest absolute Gasteiger partial charge is 0.242 e. The number of hydrogen-bond acceptors (Lipinski definition) is 2. The van der Waals surface area contributed by atoms with E-state index in [0.29, 0.717) is 6.42 Å². The lowest BCUT2D eigenvalue weighted by molar-refractivity contribution is -0.128. The number of amides is 2. The largest absolute Gasteiger partial charge is 0.357 e. The highest BCUT2D eigenvalue weighted by molar-refractivity contribution is 5.88. The molecule has 0 saturated heterocycles. The van der Waals surface area contributed by atoms with Crippen LogP contribution in [0.3, 0.4) is 0 Å². The van der Waals surface area contributed by atoms with Gasteiger partial charge < -0.3 is 15.2 Å². The number of likely N-dealkylation sites (N-methyl/N-ethyl adjacent to an activating group) is 1. The Balaban J connectivity index is 1.62. The van der Waals surface area contributed by atoms with Crippen molar-refractivity contribution in [1.82, 2.24) is 15.2 Å². The second-order valence-electron chi connectivity index (χ2n) is 6.36. The number of hydrogen-bond donors (Lipinski definition) is 2. The second-order valence-corrected chi connectivity index (χ2v) is 6.36. The predicted octanol–water partition coefficient (Wildman–Crippen LogP) is 2.49. The van der Waals surface area contributed by atoms with Crippen molar-refractivity contribution in [3.05, 3.63) is 90.3 Å². The Kier molecular flexibility index (Phi) is 6.05. The minimum absolute atomic E-state index is 0.173. The Hall–Kier alpha value is -3.34. The zero-order chi connectivity index (χ0) is 19.1. The maximum absolute atomic E-state index is 12.5.